The first-order valence-corrected chi connectivity index (χ1v) is 11.2. The van der Waals surface area contributed by atoms with Crippen molar-refractivity contribution in [3.63, 3.8) is 0 Å². The maximum atomic E-state index is 12.5. The van der Waals surface area contributed by atoms with Gasteiger partial charge in [-0.2, -0.15) is 0 Å². The molecular formula is C13H10BrCl2NO6S2. The van der Waals surface area contributed by atoms with Crippen LogP contribution in [-0.4, -0.2) is 33.3 Å². The van der Waals surface area contributed by atoms with Gasteiger partial charge in [-0.05, 0) is 24.3 Å². The molecule has 0 spiro atoms. The molecular weight excluding hydrogens is 481 g/mol. The third-order valence-electron chi connectivity index (χ3n) is 2.97. The summed E-state index contributed by atoms with van der Waals surface area (Å²) in [6, 6.07) is 4.38. The highest BCUT2D eigenvalue weighted by atomic mass is 79.9. The lowest BCUT2D eigenvalue weighted by Crippen LogP contribution is -2.14. The molecule has 0 amide bonds. The summed E-state index contributed by atoms with van der Waals surface area (Å²) < 4.78 is 50.6. The third-order valence-corrected chi connectivity index (χ3v) is 6.42. The molecule has 0 atom stereocenters. The van der Waals surface area contributed by atoms with Crippen molar-refractivity contribution >= 4 is 64.7 Å². The van der Waals surface area contributed by atoms with Crippen LogP contribution in [0.25, 0.3) is 0 Å². The summed E-state index contributed by atoms with van der Waals surface area (Å²) in [5.41, 5.74) is -0.469. The Bertz CT molecular complexity index is 1070. The number of phenolic OH excluding ortho intramolecular Hbond substituents is 2. The van der Waals surface area contributed by atoms with Crippen LogP contribution in [0.4, 0.5) is 5.69 Å². The molecule has 0 bridgehead atoms. The average Bonchev–Trinajstić information content (AvgIpc) is 2.44. The van der Waals surface area contributed by atoms with Crippen molar-refractivity contribution in [3.05, 3.63) is 38.8 Å². The molecule has 0 aliphatic heterocycles. The molecule has 136 valence electrons. The van der Waals surface area contributed by atoms with E-state index < -0.39 is 46.8 Å². The number of nitrogens with one attached hydrogen (secondary N) is 1. The summed E-state index contributed by atoms with van der Waals surface area (Å²) in [7, 11) is -8.29. The Labute approximate surface area is 162 Å². The van der Waals surface area contributed by atoms with Crippen molar-refractivity contribution in [2.24, 2.45) is 0 Å². The number of rotatable bonds is 4. The Morgan fingerprint density at radius 2 is 1.56 bits per heavy atom. The topological polar surface area (TPSA) is 121 Å². The van der Waals surface area contributed by atoms with E-state index in [2.05, 4.69) is 15.9 Å². The normalized spacial score (nSPS) is 12.2. The Balaban J connectivity index is 2.62. The van der Waals surface area contributed by atoms with Crippen LogP contribution in [0.5, 0.6) is 11.5 Å². The predicted octanol–water partition coefficient (Wildman–Crippen LogP) is 3.37. The maximum Gasteiger partial charge on any atom is 0.265 e. The average molecular weight is 491 g/mol. The van der Waals surface area contributed by atoms with Crippen molar-refractivity contribution in [2.45, 2.75) is 9.79 Å². The van der Waals surface area contributed by atoms with Gasteiger partial charge in [-0.25, -0.2) is 16.8 Å². The lowest BCUT2D eigenvalue weighted by molar-refractivity contribution is 0.457. The van der Waals surface area contributed by atoms with Crippen LogP contribution in [0.3, 0.4) is 0 Å². The molecule has 0 unspecified atom stereocenters. The number of hydrogen-bond donors (Lipinski definition) is 3. The standard InChI is InChI=1S/C13H10BrCl2NO6S2/c1-24(20,21)10-5-7(15)4-9(13(10)19)17-25(22,23)11-3-6(14)2-8(16)12(11)18/h2-5,17-19H,1H3. The van der Waals surface area contributed by atoms with E-state index in [0.717, 1.165) is 24.5 Å². The second kappa shape index (κ2) is 6.84. The highest BCUT2D eigenvalue weighted by Crippen LogP contribution is 2.39. The summed E-state index contributed by atoms with van der Waals surface area (Å²) in [6.07, 6.45) is 0.830. The summed E-state index contributed by atoms with van der Waals surface area (Å²) in [5.74, 6) is -1.53. The summed E-state index contributed by atoms with van der Waals surface area (Å²) in [6.45, 7) is 0. The SMILES string of the molecule is CS(=O)(=O)c1cc(Cl)cc(NS(=O)(=O)c2cc(Br)cc(Cl)c2O)c1O. The zero-order valence-corrected chi connectivity index (χ0v) is 17.0. The number of sulfone groups is 1. The molecule has 0 saturated heterocycles. The van der Waals surface area contributed by atoms with Crippen LogP contribution >= 0.6 is 39.1 Å². The second-order valence-corrected chi connectivity index (χ2v) is 10.3. The Morgan fingerprint density at radius 3 is 2.12 bits per heavy atom. The minimum atomic E-state index is -4.42. The Morgan fingerprint density at radius 1 is 0.960 bits per heavy atom. The smallest absolute Gasteiger partial charge is 0.265 e. The van der Waals surface area contributed by atoms with Gasteiger partial charge in [0.25, 0.3) is 10.0 Å². The fourth-order valence-corrected chi connectivity index (χ4v) is 5.18. The van der Waals surface area contributed by atoms with E-state index in [0.29, 0.717) is 0 Å². The van der Waals surface area contributed by atoms with E-state index in [1.54, 1.807) is 0 Å². The van der Waals surface area contributed by atoms with E-state index in [1.165, 1.54) is 6.07 Å². The maximum absolute atomic E-state index is 12.5. The van der Waals surface area contributed by atoms with Gasteiger partial charge in [-0.3, -0.25) is 4.72 Å². The number of halogens is 3. The molecule has 12 heteroatoms. The van der Waals surface area contributed by atoms with Crippen molar-refractivity contribution in [1.82, 2.24) is 0 Å². The third kappa shape index (κ3) is 4.32. The highest BCUT2D eigenvalue weighted by molar-refractivity contribution is 9.10. The largest absolute Gasteiger partial charge is 0.505 e. The molecule has 2 aromatic rings. The van der Waals surface area contributed by atoms with Crippen molar-refractivity contribution in [1.29, 1.82) is 0 Å². The van der Waals surface area contributed by atoms with Crippen LogP contribution < -0.4 is 4.72 Å². The second-order valence-electron chi connectivity index (χ2n) is 4.91. The molecule has 2 rings (SSSR count). The van der Waals surface area contributed by atoms with Gasteiger partial charge in [0.1, 0.15) is 9.79 Å². The van der Waals surface area contributed by atoms with E-state index >= 15 is 0 Å². The molecule has 3 N–H and O–H groups in total. The fraction of sp³-hybridized carbons (Fsp3) is 0.0769. The van der Waals surface area contributed by atoms with Gasteiger partial charge in [0.2, 0.25) is 0 Å². The molecule has 7 nitrogen and oxygen atoms in total. The minimum absolute atomic E-state index is 0.118. The monoisotopic (exact) mass is 489 g/mol. The number of benzene rings is 2. The van der Waals surface area contributed by atoms with Gasteiger partial charge < -0.3 is 10.2 Å². The number of sulfonamides is 1. The quantitative estimate of drug-likeness (QED) is 0.565. The number of aromatic hydroxyl groups is 2. The van der Waals surface area contributed by atoms with E-state index in [-0.39, 0.29) is 14.5 Å². The Hall–Kier alpha value is -1.20. The summed E-state index contributed by atoms with van der Waals surface area (Å²) in [5, 5.41) is 19.6. The van der Waals surface area contributed by atoms with Crippen LogP contribution in [0.15, 0.2) is 38.5 Å². The highest BCUT2D eigenvalue weighted by Gasteiger charge is 2.25. The van der Waals surface area contributed by atoms with Gasteiger partial charge in [0.05, 0.1) is 10.7 Å². The first-order valence-electron chi connectivity index (χ1n) is 6.26. The van der Waals surface area contributed by atoms with Crippen molar-refractivity contribution in [2.75, 3.05) is 11.0 Å². The molecule has 25 heavy (non-hydrogen) atoms. The summed E-state index contributed by atoms with van der Waals surface area (Å²) >= 11 is 14.6. The minimum Gasteiger partial charge on any atom is -0.505 e. The zero-order valence-electron chi connectivity index (χ0n) is 12.3. The summed E-state index contributed by atoms with van der Waals surface area (Å²) in [4.78, 5) is -1.12. The van der Waals surface area contributed by atoms with Gasteiger partial charge in [0.15, 0.2) is 21.3 Å². The molecule has 0 fully saturated rings. The first-order chi connectivity index (χ1) is 11.3. The van der Waals surface area contributed by atoms with Gasteiger partial charge in [0, 0.05) is 15.8 Å². The van der Waals surface area contributed by atoms with Gasteiger partial charge in [-0.1, -0.05) is 39.1 Å². The van der Waals surface area contributed by atoms with Gasteiger partial charge in [-0.15, -0.1) is 0 Å². The van der Waals surface area contributed by atoms with E-state index in [4.69, 9.17) is 23.2 Å². The van der Waals surface area contributed by atoms with Crippen LogP contribution in [0.1, 0.15) is 0 Å². The molecule has 0 aliphatic carbocycles. The fourth-order valence-electron chi connectivity index (χ4n) is 1.88. The van der Waals surface area contributed by atoms with Crippen LogP contribution in [-0.2, 0) is 19.9 Å². The molecule has 0 saturated carbocycles. The Kier molecular flexibility index (Phi) is 5.50. The molecule has 0 radical (unpaired) electrons. The van der Waals surface area contributed by atoms with Gasteiger partial charge >= 0.3 is 0 Å². The number of hydrogen-bond acceptors (Lipinski definition) is 6. The van der Waals surface area contributed by atoms with Crippen molar-refractivity contribution in [3.8, 4) is 11.5 Å². The van der Waals surface area contributed by atoms with Crippen LogP contribution in [0.2, 0.25) is 10.0 Å². The number of phenols is 2. The van der Waals surface area contributed by atoms with Crippen LogP contribution in [0, 0.1) is 0 Å². The predicted molar refractivity (Wildman–Crippen MR) is 97.9 cm³/mol. The lowest BCUT2D eigenvalue weighted by atomic mass is 10.3. The molecule has 0 heterocycles. The first kappa shape index (κ1) is 20.1. The van der Waals surface area contributed by atoms with E-state index in [1.807, 2.05) is 4.72 Å². The molecule has 0 aromatic heterocycles. The number of anilines is 1. The zero-order chi connectivity index (χ0) is 19.2. The van der Waals surface area contributed by atoms with Crippen molar-refractivity contribution < 1.29 is 27.0 Å². The molecule has 0 aliphatic rings. The molecule has 2 aromatic carbocycles. The lowest BCUT2D eigenvalue weighted by Gasteiger charge is -2.14. The van der Waals surface area contributed by atoms with E-state index in [9.17, 15) is 27.0 Å².